The zero-order valence-electron chi connectivity index (χ0n) is 22.6. The maximum absolute atomic E-state index is 13.5. The van der Waals surface area contributed by atoms with Crippen LogP contribution in [0.5, 0.6) is 46.0 Å². The van der Waals surface area contributed by atoms with Crippen LogP contribution in [-0.2, 0) is 10.0 Å². The molecule has 0 radical (unpaired) electrons. The number of phenolic OH excluding ortho intramolecular Hbond substituents is 1. The summed E-state index contributed by atoms with van der Waals surface area (Å²) in [5, 5.41) is 10.4. The van der Waals surface area contributed by atoms with E-state index in [9.17, 15) is 13.5 Å². The molecule has 0 aliphatic heterocycles. The molecule has 2 N–H and O–H groups in total. The fourth-order valence-electron chi connectivity index (χ4n) is 3.83. The maximum Gasteiger partial charge on any atom is 0.262 e. The fourth-order valence-corrected chi connectivity index (χ4v) is 4.95. The molecule has 0 saturated carbocycles. The summed E-state index contributed by atoms with van der Waals surface area (Å²) in [5.74, 6) is 1.55. The van der Waals surface area contributed by atoms with Crippen LogP contribution < -0.4 is 37.9 Å². The Morgan fingerprint density at radius 2 is 1.10 bits per heavy atom. The largest absolute Gasteiger partial charge is 0.504 e. The fraction of sp³-hybridized carbons (Fsp3) is 0.259. The van der Waals surface area contributed by atoms with E-state index in [1.54, 1.807) is 30.4 Å². The molecule has 39 heavy (non-hydrogen) atoms. The van der Waals surface area contributed by atoms with Crippen LogP contribution >= 0.6 is 0 Å². The van der Waals surface area contributed by atoms with Crippen molar-refractivity contribution in [1.82, 2.24) is 0 Å². The minimum atomic E-state index is -4.24. The van der Waals surface area contributed by atoms with Crippen LogP contribution in [0.2, 0.25) is 0 Å². The first-order valence-corrected chi connectivity index (χ1v) is 12.9. The average molecular weight is 562 g/mol. The third-order valence-corrected chi connectivity index (χ3v) is 7.03. The summed E-state index contributed by atoms with van der Waals surface area (Å²) in [6.45, 7) is 0. The van der Waals surface area contributed by atoms with Gasteiger partial charge in [-0.1, -0.05) is 12.2 Å². The summed E-state index contributed by atoms with van der Waals surface area (Å²) in [5.41, 5.74) is 1.08. The highest BCUT2D eigenvalue weighted by atomic mass is 32.2. The van der Waals surface area contributed by atoms with E-state index in [-0.39, 0.29) is 39.3 Å². The van der Waals surface area contributed by atoms with Gasteiger partial charge in [0.05, 0.1) is 54.7 Å². The van der Waals surface area contributed by atoms with Gasteiger partial charge in [0.1, 0.15) is 5.69 Å². The van der Waals surface area contributed by atoms with Crippen molar-refractivity contribution in [2.24, 2.45) is 0 Å². The second-order valence-electron chi connectivity index (χ2n) is 7.84. The Morgan fingerprint density at radius 3 is 1.54 bits per heavy atom. The molecule has 0 amide bonds. The summed E-state index contributed by atoms with van der Waals surface area (Å²) in [4.78, 5) is -0.165. The van der Waals surface area contributed by atoms with Crippen LogP contribution in [0.15, 0.2) is 41.3 Å². The third kappa shape index (κ3) is 6.01. The van der Waals surface area contributed by atoms with E-state index in [0.29, 0.717) is 28.4 Å². The molecule has 0 bridgehead atoms. The van der Waals surface area contributed by atoms with Crippen LogP contribution in [0.1, 0.15) is 11.1 Å². The molecule has 0 aromatic heterocycles. The first-order chi connectivity index (χ1) is 18.7. The van der Waals surface area contributed by atoms with Gasteiger partial charge in [0.25, 0.3) is 10.0 Å². The van der Waals surface area contributed by atoms with Crippen LogP contribution in [0, 0.1) is 0 Å². The van der Waals surface area contributed by atoms with Crippen molar-refractivity contribution in [3.05, 3.63) is 47.5 Å². The zero-order chi connectivity index (χ0) is 28.7. The number of ether oxygens (including phenoxy) is 7. The van der Waals surface area contributed by atoms with Gasteiger partial charge >= 0.3 is 0 Å². The van der Waals surface area contributed by atoms with Crippen LogP contribution in [-0.4, -0.2) is 63.3 Å². The maximum atomic E-state index is 13.5. The number of methoxy groups -OCH3 is 7. The Bertz CT molecular complexity index is 1420. The van der Waals surface area contributed by atoms with E-state index in [4.69, 9.17) is 33.2 Å². The van der Waals surface area contributed by atoms with Crippen molar-refractivity contribution in [2.45, 2.75) is 4.90 Å². The summed E-state index contributed by atoms with van der Waals surface area (Å²) in [6, 6.07) is 8.99. The standard InChI is InChI=1S/C27H31NO10S/c1-32-20-12-16(13-21(33-2)26(20)37-6)8-9-17-10-11-19(29)25(36-5)24(17)28-39(30,31)18-14-22(34-3)27(38-7)23(15-18)35-4/h8-15,28-29H,1-7H3/b9-8-. The highest BCUT2D eigenvalue weighted by Crippen LogP contribution is 2.43. The number of benzene rings is 3. The number of sulfonamides is 1. The van der Waals surface area contributed by atoms with Gasteiger partial charge in [-0.25, -0.2) is 8.42 Å². The van der Waals surface area contributed by atoms with Crippen molar-refractivity contribution in [1.29, 1.82) is 0 Å². The lowest BCUT2D eigenvalue weighted by Crippen LogP contribution is -2.15. The first kappa shape index (κ1) is 29.1. The van der Waals surface area contributed by atoms with Gasteiger partial charge < -0.3 is 38.3 Å². The first-order valence-electron chi connectivity index (χ1n) is 11.4. The van der Waals surface area contributed by atoms with Crippen LogP contribution in [0.4, 0.5) is 5.69 Å². The second kappa shape index (κ2) is 12.4. The molecule has 3 aromatic carbocycles. The van der Waals surface area contributed by atoms with Crippen LogP contribution in [0.3, 0.4) is 0 Å². The molecule has 0 heterocycles. The van der Waals surface area contributed by atoms with E-state index < -0.39 is 10.0 Å². The molecule has 3 rings (SSSR count). The van der Waals surface area contributed by atoms with Crippen molar-refractivity contribution < 1.29 is 46.7 Å². The molecule has 11 nitrogen and oxygen atoms in total. The topological polar surface area (TPSA) is 131 Å². The lowest BCUT2D eigenvalue weighted by atomic mass is 10.1. The Balaban J connectivity index is 2.12. The summed E-state index contributed by atoms with van der Waals surface area (Å²) in [7, 11) is 5.77. The summed E-state index contributed by atoms with van der Waals surface area (Å²) < 4.78 is 66.9. The molecular formula is C27H31NO10S. The number of rotatable bonds is 12. The lowest BCUT2D eigenvalue weighted by molar-refractivity contribution is 0.323. The van der Waals surface area contributed by atoms with Gasteiger partial charge in [0.15, 0.2) is 34.5 Å². The smallest absolute Gasteiger partial charge is 0.262 e. The Labute approximate surface area is 227 Å². The normalized spacial score (nSPS) is 11.2. The minimum Gasteiger partial charge on any atom is -0.504 e. The summed E-state index contributed by atoms with van der Waals surface area (Å²) >= 11 is 0. The molecule has 0 unspecified atom stereocenters. The molecule has 3 aromatic rings. The Kier molecular flexibility index (Phi) is 9.25. The molecule has 0 saturated heterocycles. The number of aromatic hydroxyl groups is 1. The molecule has 0 fully saturated rings. The van der Waals surface area contributed by atoms with E-state index in [2.05, 4.69) is 4.72 Å². The number of hydrogen-bond donors (Lipinski definition) is 2. The predicted molar refractivity (Wildman–Crippen MR) is 147 cm³/mol. The number of nitrogens with one attached hydrogen (secondary N) is 1. The van der Waals surface area contributed by atoms with Gasteiger partial charge in [-0.2, -0.15) is 0 Å². The van der Waals surface area contributed by atoms with Gasteiger partial charge in [-0.15, -0.1) is 0 Å². The monoisotopic (exact) mass is 561 g/mol. The SMILES string of the molecule is COc1cc(/C=C\c2ccc(O)c(OC)c2NS(=O)(=O)c2cc(OC)c(OC)c(OC)c2)cc(OC)c1OC. The van der Waals surface area contributed by atoms with Gasteiger partial charge in [-0.3, -0.25) is 4.72 Å². The average Bonchev–Trinajstić information content (AvgIpc) is 2.95. The van der Waals surface area contributed by atoms with E-state index in [1.807, 2.05) is 0 Å². The van der Waals surface area contributed by atoms with E-state index in [1.165, 1.54) is 68.0 Å². The second-order valence-corrected chi connectivity index (χ2v) is 9.52. The van der Waals surface area contributed by atoms with Crippen molar-refractivity contribution in [3.63, 3.8) is 0 Å². The predicted octanol–water partition coefficient (Wildman–Crippen LogP) is 4.42. The lowest BCUT2D eigenvalue weighted by Gasteiger charge is -2.18. The molecule has 12 heteroatoms. The molecule has 0 aliphatic rings. The van der Waals surface area contributed by atoms with E-state index in [0.717, 1.165) is 0 Å². The molecule has 0 spiro atoms. The minimum absolute atomic E-state index is 0.00921. The van der Waals surface area contributed by atoms with Crippen molar-refractivity contribution >= 4 is 27.9 Å². The highest BCUT2D eigenvalue weighted by molar-refractivity contribution is 7.92. The van der Waals surface area contributed by atoms with Crippen molar-refractivity contribution in [2.75, 3.05) is 54.5 Å². The molecule has 210 valence electrons. The Hall–Kier alpha value is -4.45. The number of hydrogen-bond acceptors (Lipinski definition) is 10. The number of phenols is 1. The van der Waals surface area contributed by atoms with Gasteiger partial charge in [-0.05, 0) is 29.8 Å². The van der Waals surface area contributed by atoms with Gasteiger partial charge in [0.2, 0.25) is 11.5 Å². The van der Waals surface area contributed by atoms with Crippen LogP contribution in [0.25, 0.3) is 12.2 Å². The molecule has 0 aliphatic carbocycles. The summed E-state index contributed by atoms with van der Waals surface area (Å²) in [6.07, 6.45) is 3.36. The van der Waals surface area contributed by atoms with Crippen molar-refractivity contribution in [3.8, 4) is 46.0 Å². The molecular weight excluding hydrogens is 530 g/mol. The number of anilines is 1. The van der Waals surface area contributed by atoms with E-state index >= 15 is 0 Å². The quantitative estimate of drug-likeness (QED) is 0.306. The highest BCUT2D eigenvalue weighted by Gasteiger charge is 2.25. The third-order valence-electron chi connectivity index (χ3n) is 5.70. The Morgan fingerprint density at radius 1 is 0.641 bits per heavy atom. The van der Waals surface area contributed by atoms with Gasteiger partial charge in [0, 0.05) is 17.7 Å². The zero-order valence-corrected chi connectivity index (χ0v) is 23.5. The molecule has 0 atom stereocenters.